The minimum Gasteiger partial charge on any atom is -0.494 e. The van der Waals surface area contributed by atoms with Crippen molar-refractivity contribution in [2.45, 2.75) is 32.5 Å². The molecular weight excluding hydrogens is 488 g/mol. The van der Waals surface area contributed by atoms with E-state index in [0.29, 0.717) is 17.4 Å². The first kappa shape index (κ1) is 24.4. The van der Waals surface area contributed by atoms with Crippen molar-refractivity contribution in [2.75, 3.05) is 7.11 Å². The van der Waals surface area contributed by atoms with Crippen LogP contribution in [-0.2, 0) is 6.54 Å². The number of nitro benzene ring substituents is 1. The maximum atomic E-state index is 11.3. The molecule has 9 nitrogen and oxygen atoms in total. The largest absolute Gasteiger partial charge is 0.494 e. The molecule has 0 unspecified atom stereocenters. The third-order valence-corrected chi connectivity index (χ3v) is 7.01. The molecule has 4 heterocycles. The van der Waals surface area contributed by atoms with Gasteiger partial charge in [-0.3, -0.25) is 20.1 Å². The van der Waals surface area contributed by atoms with Gasteiger partial charge < -0.3 is 19.5 Å². The summed E-state index contributed by atoms with van der Waals surface area (Å²) in [5, 5.41) is 15.4. The van der Waals surface area contributed by atoms with Crippen molar-refractivity contribution in [3.63, 3.8) is 0 Å². The highest BCUT2D eigenvalue weighted by Gasteiger charge is 2.41. The van der Waals surface area contributed by atoms with Crippen LogP contribution in [0.5, 0.6) is 5.75 Å². The molecule has 0 aliphatic carbocycles. The fourth-order valence-corrected chi connectivity index (χ4v) is 5.31. The Morgan fingerprint density at radius 3 is 2.49 bits per heavy atom. The van der Waals surface area contributed by atoms with Crippen molar-refractivity contribution in [2.24, 2.45) is 0 Å². The van der Waals surface area contributed by atoms with Gasteiger partial charge in [-0.25, -0.2) is 0 Å². The number of non-ortho nitro benzene ring substituents is 1. The van der Waals surface area contributed by atoms with Crippen LogP contribution in [0.25, 0.3) is 5.69 Å². The van der Waals surface area contributed by atoms with Crippen molar-refractivity contribution in [1.82, 2.24) is 24.8 Å². The zero-order chi connectivity index (χ0) is 26.1. The second kappa shape index (κ2) is 9.98. The van der Waals surface area contributed by atoms with Gasteiger partial charge in [0.05, 0.1) is 53.8 Å². The molecule has 0 bridgehead atoms. The van der Waals surface area contributed by atoms with E-state index in [0.717, 1.165) is 34.0 Å². The van der Waals surface area contributed by atoms with E-state index in [-0.39, 0.29) is 17.8 Å². The lowest BCUT2D eigenvalue weighted by molar-refractivity contribution is -0.384. The van der Waals surface area contributed by atoms with Crippen LogP contribution < -0.4 is 10.1 Å². The molecule has 1 aliphatic heterocycles. The average molecular weight is 515 g/mol. The number of methoxy groups -OCH3 is 1. The Hall–Kier alpha value is -4.31. The van der Waals surface area contributed by atoms with E-state index >= 15 is 0 Å². The standard InChI is InChI=1S/C27H26N6O3S/c1-17-14-21(18(2)32(17)23-11-10-20(33(34)35)15-24(23)36-3)26-25(22-9-5-7-13-29-22)30-27(37)31(26)16-19-8-4-6-12-28-19/h4-15,25-26H,16H2,1-3H3,(H,30,37)/t25-,26-/m1/s1. The van der Waals surface area contributed by atoms with Crippen LogP contribution in [0.15, 0.2) is 73.1 Å². The Labute approximate surface area is 219 Å². The second-order valence-electron chi connectivity index (χ2n) is 8.85. The molecular formula is C27H26N6O3S. The SMILES string of the molecule is COc1cc([N+](=O)[O-])ccc1-n1c(C)cc([C@@H]2[C@@H](c3ccccn3)NC(=S)N2Cc2ccccn2)c1C. The smallest absolute Gasteiger partial charge is 0.273 e. The number of rotatable bonds is 7. The summed E-state index contributed by atoms with van der Waals surface area (Å²) in [5.74, 6) is 0.425. The summed E-state index contributed by atoms with van der Waals surface area (Å²) < 4.78 is 7.62. The maximum Gasteiger partial charge on any atom is 0.273 e. The van der Waals surface area contributed by atoms with Crippen molar-refractivity contribution < 1.29 is 9.66 Å². The number of aromatic nitrogens is 3. The summed E-state index contributed by atoms with van der Waals surface area (Å²) in [7, 11) is 1.52. The lowest BCUT2D eigenvalue weighted by Crippen LogP contribution is -2.29. The number of hydrogen-bond acceptors (Lipinski definition) is 6. The van der Waals surface area contributed by atoms with Gasteiger partial charge in [-0.2, -0.15) is 0 Å². The highest BCUT2D eigenvalue weighted by atomic mass is 32.1. The van der Waals surface area contributed by atoms with Crippen molar-refractivity contribution in [3.8, 4) is 11.4 Å². The number of aryl methyl sites for hydroxylation is 1. The minimum absolute atomic E-state index is 0.0228. The third-order valence-electron chi connectivity index (χ3n) is 6.66. The molecule has 1 saturated heterocycles. The molecule has 2 atom stereocenters. The molecule has 188 valence electrons. The van der Waals surface area contributed by atoms with Crippen molar-refractivity contribution in [3.05, 3.63) is 112 Å². The summed E-state index contributed by atoms with van der Waals surface area (Å²) in [6, 6.07) is 18.2. The fourth-order valence-electron chi connectivity index (χ4n) is 5.00. The van der Waals surface area contributed by atoms with E-state index in [1.54, 1.807) is 18.5 Å². The molecule has 1 N–H and O–H groups in total. The number of pyridine rings is 2. The molecule has 0 amide bonds. The molecule has 1 aromatic carbocycles. The number of thiocarbonyl (C=S) groups is 1. The Morgan fingerprint density at radius 2 is 1.84 bits per heavy atom. The quantitative estimate of drug-likeness (QED) is 0.210. The predicted octanol–water partition coefficient (Wildman–Crippen LogP) is 4.97. The van der Waals surface area contributed by atoms with Gasteiger partial charge in [-0.15, -0.1) is 0 Å². The molecule has 1 fully saturated rings. The van der Waals surface area contributed by atoms with E-state index < -0.39 is 4.92 Å². The molecule has 3 aromatic heterocycles. The molecule has 37 heavy (non-hydrogen) atoms. The number of benzene rings is 1. The molecule has 5 rings (SSSR count). The number of hydrogen-bond donors (Lipinski definition) is 1. The molecule has 10 heteroatoms. The van der Waals surface area contributed by atoms with Gasteiger partial charge in [0.2, 0.25) is 0 Å². The van der Waals surface area contributed by atoms with E-state index in [1.165, 1.54) is 19.2 Å². The zero-order valence-corrected chi connectivity index (χ0v) is 21.5. The number of nitrogens with one attached hydrogen (secondary N) is 1. The summed E-state index contributed by atoms with van der Waals surface area (Å²) in [6.07, 6.45) is 3.56. The molecule has 0 radical (unpaired) electrons. The van der Waals surface area contributed by atoms with Gasteiger partial charge in [-0.1, -0.05) is 12.1 Å². The van der Waals surface area contributed by atoms with E-state index in [9.17, 15) is 10.1 Å². The van der Waals surface area contributed by atoms with Gasteiger partial charge >= 0.3 is 0 Å². The predicted molar refractivity (Wildman–Crippen MR) is 144 cm³/mol. The van der Waals surface area contributed by atoms with Gasteiger partial charge in [0, 0.05) is 29.8 Å². The van der Waals surface area contributed by atoms with E-state index in [4.69, 9.17) is 17.0 Å². The first-order chi connectivity index (χ1) is 17.9. The number of ether oxygens (including phenoxy) is 1. The molecule has 0 saturated carbocycles. The zero-order valence-electron chi connectivity index (χ0n) is 20.7. The van der Waals surface area contributed by atoms with Crippen LogP contribution in [0.3, 0.4) is 0 Å². The topological polar surface area (TPSA) is 98.3 Å². The Balaban J connectivity index is 1.63. The number of nitro groups is 1. The van der Waals surface area contributed by atoms with Gasteiger partial charge in [-0.05, 0) is 68.0 Å². The van der Waals surface area contributed by atoms with Crippen LogP contribution in [0.1, 0.15) is 40.4 Å². The highest BCUT2D eigenvalue weighted by Crippen LogP contribution is 2.43. The first-order valence-corrected chi connectivity index (χ1v) is 12.2. The molecule has 1 aliphatic rings. The third kappa shape index (κ3) is 4.51. The van der Waals surface area contributed by atoms with Crippen LogP contribution >= 0.6 is 12.2 Å². The van der Waals surface area contributed by atoms with Crippen LogP contribution in [0.2, 0.25) is 0 Å². The van der Waals surface area contributed by atoms with Gasteiger partial charge in [0.1, 0.15) is 5.75 Å². The summed E-state index contributed by atoms with van der Waals surface area (Å²) in [6.45, 7) is 4.58. The second-order valence-corrected chi connectivity index (χ2v) is 9.24. The lowest BCUT2D eigenvalue weighted by Gasteiger charge is -2.28. The van der Waals surface area contributed by atoms with Gasteiger partial charge in [0.25, 0.3) is 5.69 Å². The van der Waals surface area contributed by atoms with Crippen LogP contribution in [0, 0.1) is 24.0 Å². The Morgan fingerprint density at radius 1 is 1.08 bits per heavy atom. The van der Waals surface area contributed by atoms with Crippen LogP contribution in [-0.4, -0.2) is 36.6 Å². The van der Waals surface area contributed by atoms with Crippen molar-refractivity contribution >= 4 is 23.0 Å². The Kier molecular flexibility index (Phi) is 6.58. The number of nitrogens with zero attached hydrogens (tertiary/aromatic N) is 5. The normalized spacial score (nSPS) is 17.1. The van der Waals surface area contributed by atoms with Crippen LogP contribution in [0.4, 0.5) is 5.69 Å². The maximum absolute atomic E-state index is 11.3. The first-order valence-electron chi connectivity index (χ1n) is 11.8. The monoisotopic (exact) mass is 514 g/mol. The highest BCUT2D eigenvalue weighted by molar-refractivity contribution is 7.80. The lowest BCUT2D eigenvalue weighted by atomic mass is 9.96. The van der Waals surface area contributed by atoms with Gasteiger partial charge in [0.15, 0.2) is 5.11 Å². The van der Waals surface area contributed by atoms with E-state index in [2.05, 4.69) is 30.8 Å². The van der Waals surface area contributed by atoms with E-state index in [1.807, 2.05) is 50.2 Å². The summed E-state index contributed by atoms with van der Waals surface area (Å²) in [4.78, 5) is 22.2. The average Bonchev–Trinajstić information content (AvgIpc) is 3.39. The Bertz CT molecular complexity index is 1460. The molecule has 0 spiro atoms. The van der Waals surface area contributed by atoms with Crippen molar-refractivity contribution in [1.29, 1.82) is 0 Å². The molecule has 4 aromatic rings. The summed E-state index contributed by atoms with van der Waals surface area (Å²) >= 11 is 5.82. The minimum atomic E-state index is -0.425. The fraction of sp³-hybridized carbons (Fsp3) is 0.222. The summed E-state index contributed by atoms with van der Waals surface area (Å²) in [5.41, 5.74) is 5.51.